The molecule has 0 amide bonds. The average Bonchev–Trinajstić information content (AvgIpc) is 2.23. The summed E-state index contributed by atoms with van der Waals surface area (Å²) in [4.78, 5) is 0. The predicted octanol–water partition coefficient (Wildman–Crippen LogP) is 6.20. The van der Waals surface area contributed by atoms with Gasteiger partial charge in [-0.2, -0.15) is 0 Å². The second-order valence-corrected chi connectivity index (χ2v) is 6.08. The van der Waals surface area contributed by atoms with Crippen molar-refractivity contribution in [1.82, 2.24) is 0 Å². The largest absolute Gasteiger partial charge is 0.0654 e. The molecule has 0 N–H and O–H groups in total. The predicted molar refractivity (Wildman–Crippen MR) is 75.8 cm³/mol. The lowest BCUT2D eigenvalue weighted by Gasteiger charge is -2.34. The summed E-state index contributed by atoms with van der Waals surface area (Å²) in [5, 5.41) is 0. The number of hydrogen-bond acceptors (Lipinski definition) is 0. The summed E-state index contributed by atoms with van der Waals surface area (Å²) in [5.41, 5.74) is 0.597. The van der Waals surface area contributed by atoms with Gasteiger partial charge in [-0.05, 0) is 24.2 Å². The maximum atomic E-state index is 2.49. The van der Waals surface area contributed by atoms with Crippen LogP contribution in [0.3, 0.4) is 0 Å². The molecule has 0 spiro atoms. The Kier molecular flexibility index (Phi) is 9.07. The summed E-state index contributed by atoms with van der Waals surface area (Å²) < 4.78 is 0. The van der Waals surface area contributed by atoms with Crippen LogP contribution in [0.25, 0.3) is 0 Å². The third-order valence-electron chi connectivity index (χ3n) is 4.32. The van der Waals surface area contributed by atoms with Crippen LogP contribution in [-0.2, 0) is 0 Å². The highest BCUT2D eigenvalue weighted by Crippen LogP contribution is 2.37. The van der Waals surface area contributed by atoms with E-state index in [0.29, 0.717) is 5.41 Å². The van der Waals surface area contributed by atoms with Gasteiger partial charge >= 0.3 is 0 Å². The van der Waals surface area contributed by atoms with Gasteiger partial charge in [-0.15, -0.1) is 0 Å². The lowest BCUT2D eigenvalue weighted by molar-refractivity contribution is 0.173. The van der Waals surface area contributed by atoms with Crippen LogP contribution in [0.5, 0.6) is 0 Å². The van der Waals surface area contributed by atoms with Gasteiger partial charge in [-0.3, -0.25) is 0 Å². The lowest BCUT2D eigenvalue weighted by atomic mass is 9.72. The maximum Gasteiger partial charge on any atom is -0.0303 e. The minimum atomic E-state index is 0.597. The molecule has 0 heteroatoms. The zero-order chi connectivity index (χ0) is 12.4. The fourth-order valence-corrected chi connectivity index (χ4v) is 2.58. The SMILES string of the molecule is CCCCCCCCC(C)(CCC)C(C)C. The van der Waals surface area contributed by atoms with Crippen molar-refractivity contribution in [1.29, 1.82) is 0 Å². The molecule has 0 rings (SSSR count). The molecule has 0 saturated heterocycles. The molecule has 0 bridgehead atoms. The van der Waals surface area contributed by atoms with E-state index < -0.39 is 0 Å². The van der Waals surface area contributed by atoms with Crippen LogP contribution in [0.2, 0.25) is 0 Å². The first kappa shape index (κ1) is 16.0. The maximum absolute atomic E-state index is 2.49. The number of unbranched alkanes of at least 4 members (excludes halogenated alkanes) is 5. The molecule has 0 aliphatic carbocycles. The van der Waals surface area contributed by atoms with Gasteiger partial charge < -0.3 is 0 Å². The van der Waals surface area contributed by atoms with Crippen molar-refractivity contribution in [3.63, 3.8) is 0 Å². The first-order valence-corrected chi connectivity index (χ1v) is 7.56. The molecular formula is C16H34. The van der Waals surface area contributed by atoms with Gasteiger partial charge in [-0.1, -0.05) is 79.6 Å². The molecule has 1 unspecified atom stereocenters. The van der Waals surface area contributed by atoms with Gasteiger partial charge in [0.1, 0.15) is 0 Å². The van der Waals surface area contributed by atoms with Gasteiger partial charge in [0, 0.05) is 0 Å². The Morgan fingerprint density at radius 2 is 1.31 bits per heavy atom. The van der Waals surface area contributed by atoms with Gasteiger partial charge in [0.05, 0.1) is 0 Å². The van der Waals surface area contributed by atoms with E-state index in [-0.39, 0.29) is 0 Å². The van der Waals surface area contributed by atoms with Crippen LogP contribution in [0, 0.1) is 11.3 Å². The zero-order valence-corrected chi connectivity index (χ0v) is 12.4. The van der Waals surface area contributed by atoms with E-state index in [0.717, 1.165) is 5.92 Å². The van der Waals surface area contributed by atoms with Gasteiger partial charge in [0.15, 0.2) is 0 Å². The van der Waals surface area contributed by atoms with Crippen LogP contribution in [-0.4, -0.2) is 0 Å². The molecule has 0 radical (unpaired) electrons. The van der Waals surface area contributed by atoms with Gasteiger partial charge in [0.25, 0.3) is 0 Å². The Morgan fingerprint density at radius 1 is 0.750 bits per heavy atom. The molecule has 0 aliphatic rings. The molecule has 16 heavy (non-hydrogen) atoms. The lowest BCUT2D eigenvalue weighted by Crippen LogP contribution is -2.23. The fraction of sp³-hybridized carbons (Fsp3) is 1.00. The molecule has 0 aromatic rings. The van der Waals surface area contributed by atoms with Crippen molar-refractivity contribution in [3.05, 3.63) is 0 Å². The molecule has 0 heterocycles. The highest BCUT2D eigenvalue weighted by atomic mass is 14.3. The molecule has 0 fully saturated rings. The summed E-state index contributed by atoms with van der Waals surface area (Å²) >= 11 is 0. The van der Waals surface area contributed by atoms with Crippen LogP contribution in [0.15, 0.2) is 0 Å². The van der Waals surface area contributed by atoms with Crippen LogP contribution in [0.1, 0.15) is 92.4 Å². The van der Waals surface area contributed by atoms with Gasteiger partial charge in [0.2, 0.25) is 0 Å². The smallest absolute Gasteiger partial charge is 0.0303 e. The molecule has 0 saturated carbocycles. The normalized spacial score (nSPS) is 15.4. The molecule has 1 atom stereocenters. The van der Waals surface area contributed by atoms with E-state index in [1.165, 1.54) is 57.8 Å². The minimum Gasteiger partial charge on any atom is -0.0654 e. The average molecular weight is 226 g/mol. The summed E-state index contributed by atoms with van der Waals surface area (Å²) in [5.74, 6) is 0.836. The van der Waals surface area contributed by atoms with E-state index in [9.17, 15) is 0 Å². The summed E-state index contributed by atoms with van der Waals surface area (Å²) in [6.07, 6.45) is 12.8. The molecule has 0 nitrogen and oxygen atoms in total. The van der Waals surface area contributed by atoms with Crippen molar-refractivity contribution < 1.29 is 0 Å². The zero-order valence-electron chi connectivity index (χ0n) is 12.4. The topological polar surface area (TPSA) is 0 Å². The highest BCUT2D eigenvalue weighted by molar-refractivity contribution is 4.77. The Morgan fingerprint density at radius 3 is 1.81 bits per heavy atom. The van der Waals surface area contributed by atoms with E-state index in [2.05, 4.69) is 34.6 Å². The van der Waals surface area contributed by atoms with E-state index in [4.69, 9.17) is 0 Å². The molecule has 0 aromatic heterocycles. The van der Waals surface area contributed by atoms with Crippen LogP contribution >= 0.6 is 0 Å². The van der Waals surface area contributed by atoms with Gasteiger partial charge in [-0.25, -0.2) is 0 Å². The van der Waals surface area contributed by atoms with E-state index >= 15 is 0 Å². The third-order valence-corrected chi connectivity index (χ3v) is 4.32. The summed E-state index contributed by atoms with van der Waals surface area (Å²) in [7, 11) is 0. The highest BCUT2D eigenvalue weighted by Gasteiger charge is 2.26. The minimum absolute atomic E-state index is 0.597. The van der Waals surface area contributed by atoms with E-state index in [1.807, 2.05) is 0 Å². The van der Waals surface area contributed by atoms with Crippen molar-refractivity contribution in [2.24, 2.45) is 11.3 Å². The quantitative estimate of drug-likeness (QED) is 0.389. The summed E-state index contributed by atoms with van der Waals surface area (Å²) in [6.45, 7) is 11.9. The first-order chi connectivity index (χ1) is 7.56. The van der Waals surface area contributed by atoms with Crippen LogP contribution in [0.4, 0.5) is 0 Å². The molecule has 0 aromatic carbocycles. The first-order valence-electron chi connectivity index (χ1n) is 7.56. The second kappa shape index (κ2) is 9.07. The second-order valence-electron chi connectivity index (χ2n) is 6.08. The third kappa shape index (κ3) is 6.55. The fourth-order valence-electron chi connectivity index (χ4n) is 2.58. The number of rotatable bonds is 10. The van der Waals surface area contributed by atoms with Crippen molar-refractivity contribution in [2.75, 3.05) is 0 Å². The van der Waals surface area contributed by atoms with E-state index in [1.54, 1.807) is 0 Å². The standard InChI is InChI=1S/C16H34/c1-6-8-9-10-11-12-14-16(5,13-7-2)15(3)4/h15H,6-14H2,1-5H3. The van der Waals surface area contributed by atoms with Crippen molar-refractivity contribution >= 4 is 0 Å². The van der Waals surface area contributed by atoms with Crippen molar-refractivity contribution in [2.45, 2.75) is 92.4 Å². The van der Waals surface area contributed by atoms with Crippen LogP contribution < -0.4 is 0 Å². The molecular weight excluding hydrogens is 192 g/mol. The molecule has 98 valence electrons. The Balaban J connectivity index is 3.68. The molecule has 0 aliphatic heterocycles. The monoisotopic (exact) mass is 226 g/mol. The Bertz CT molecular complexity index is 148. The van der Waals surface area contributed by atoms with Crippen molar-refractivity contribution in [3.8, 4) is 0 Å². The Labute approximate surface area is 104 Å². The number of hydrogen-bond donors (Lipinski definition) is 0. The Hall–Kier alpha value is 0. The summed E-state index contributed by atoms with van der Waals surface area (Å²) in [6, 6.07) is 0.